The average molecular weight is 570 g/mol. The van der Waals surface area contributed by atoms with E-state index in [1.807, 2.05) is 101 Å². The molecule has 0 saturated carbocycles. The number of likely N-dealkylation sites (tertiary alicyclic amines) is 1. The highest BCUT2D eigenvalue weighted by atomic mass is 16.5. The summed E-state index contributed by atoms with van der Waals surface area (Å²) in [6.07, 6.45) is 7.39. The number of nitrogens with zero attached hydrogens (tertiary/aromatic N) is 3. The summed E-state index contributed by atoms with van der Waals surface area (Å²) in [5.74, 6) is -2.33. The molecule has 2 saturated heterocycles. The third-order valence-electron chi connectivity index (χ3n) is 9.22. The summed E-state index contributed by atoms with van der Waals surface area (Å²) in [6.45, 7) is 8.39. The molecule has 6 atom stereocenters. The maximum absolute atomic E-state index is 14.8. The van der Waals surface area contributed by atoms with Crippen molar-refractivity contribution in [1.29, 1.82) is 0 Å². The van der Waals surface area contributed by atoms with E-state index in [2.05, 4.69) is 0 Å². The van der Waals surface area contributed by atoms with Crippen LogP contribution in [-0.2, 0) is 19.1 Å². The van der Waals surface area contributed by atoms with E-state index in [-0.39, 0.29) is 30.2 Å². The standard InChI is InChI=1S/C34H39N3O5/c1-21(2)19-25(20-38)37-30-33(41)36(29-22(3)11-8-12-23(29)4)18-10-16-34(30)28(32(37)40)27-26(42-34)15-9-17-35(31(27)39)24-13-6-5-7-14-24/h5-16,21,25-28,30,38H,17-20H2,1-4H3/t25-,26+,27-,28+,30?,34+/m1/s1. The molecule has 4 aliphatic rings. The molecule has 0 bridgehead atoms. The van der Waals surface area contributed by atoms with E-state index in [1.54, 1.807) is 14.7 Å². The zero-order valence-electron chi connectivity index (χ0n) is 24.6. The van der Waals surface area contributed by atoms with Gasteiger partial charge in [0.15, 0.2) is 0 Å². The highest BCUT2D eigenvalue weighted by molar-refractivity contribution is 6.08. The number of hydrogen-bond acceptors (Lipinski definition) is 5. The molecule has 3 amide bonds. The third kappa shape index (κ3) is 4.31. The minimum Gasteiger partial charge on any atom is -0.394 e. The fourth-order valence-corrected chi connectivity index (χ4v) is 7.56. The van der Waals surface area contributed by atoms with Gasteiger partial charge in [-0.05, 0) is 49.4 Å². The molecule has 4 heterocycles. The second-order valence-electron chi connectivity index (χ2n) is 12.4. The number of rotatable bonds is 6. The van der Waals surface area contributed by atoms with Crippen LogP contribution in [-0.4, -0.2) is 71.2 Å². The number of ether oxygens (including phenoxy) is 1. The number of aliphatic hydroxyl groups excluding tert-OH is 1. The number of anilines is 2. The Morgan fingerprint density at radius 3 is 2.26 bits per heavy atom. The molecule has 8 nitrogen and oxygen atoms in total. The molecule has 6 rings (SSSR count). The molecule has 0 radical (unpaired) electrons. The number of aryl methyl sites for hydroxylation is 2. The first-order chi connectivity index (χ1) is 20.2. The summed E-state index contributed by atoms with van der Waals surface area (Å²) in [4.78, 5) is 48.8. The average Bonchev–Trinajstić information content (AvgIpc) is 3.28. The Bertz CT molecular complexity index is 1430. The van der Waals surface area contributed by atoms with Crippen molar-refractivity contribution in [1.82, 2.24) is 4.90 Å². The van der Waals surface area contributed by atoms with E-state index in [0.717, 1.165) is 22.5 Å². The van der Waals surface area contributed by atoms with Crippen LogP contribution in [0.1, 0.15) is 31.4 Å². The predicted molar refractivity (Wildman–Crippen MR) is 161 cm³/mol. The van der Waals surface area contributed by atoms with Crippen molar-refractivity contribution < 1.29 is 24.2 Å². The van der Waals surface area contributed by atoms with Gasteiger partial charge in [0.25, 0.3) is 5.91 Å². The van der Waals surface area contributed by atoms with Gasteiger partial charge in [0.2, 0.25) is 11.8 Å². The Hall–Kier alpha value is -3.75. The highest BCUT2D eigenvalue weighted by Crippen LogP contribution is 2.54. The number of hydrogen-bond donors (Lipinski definition) is 1. The topological polar surface area (TPSA) is 90.4 Å². The van der Waals surface area contributed by atoms with Crippen molar-refractivity contribution in [3.05, 3.63) is 84.0 Å². The Balaban J connectivity index is 1.49. The molecular weight excluding hydrogens is 530 g/mol. The van der Waals surface area contributed by atoms with E-state index < -0.39 is 35.6 Å². The van der Waals surface area contributed by atoms with E-state index >= 15 is 0 Å². The number of carbonyl (C=O) groups excluding carboxylic acids is 3. The first-order valence-electron chi connectivity index (χ1n) is 14.9. The molecule has 220 valence electrons. The zero-order chi connectivity index (χ0) is 29.8. The van der Waals surface area contributed by atoms with Crippen LogP contribution in [0.4, 0.5) is 11.4 Å². The molecule has 0 aliphatic carbocycles. The van der Waals surface area contributed by atoms with Gasteiger partial charge in [-0.1, -0.05) is 74.5 Å². The molecule has 42 heavy (non-hydrogen) atoms. The van der Waals surface area contributed by atoms with Gasteiger partial charge < -0.3 is 24.5 Å². The van der Waals surface area contributed by atoms with E-state index in [4.69, 9.17) is 4.74 Å². The SMILES string of the molecule is Cc1cccc(C)c1N1CC=C[C@]23O[C@H]4C=CCN(c5ccccc5)C(=O)[C@H]4[C@H]2C(=O)N([C@@H](CO)CC(C)C)C3C1=O. The van der Waals surface area contributed by atoms with Crippen molar-refractivity contribution in [2.75, 3.05) is 29.5 Å². The van der Waals surface area contributed by atoms with Crippen molar-refractivity contribution in [2.24, 2.45) is 17.8 Å². The molecule has 1 spiro atoms. The zero-order valence-corrected chi connectivity index (χ0v) is 24.6. The fourth-order valence-electron chi connectivity index (χ4n) is 7.56. The van der Waals surface area contributed by atoms with Gasteiger partial charge >= 0.3 is 0 Å². The van der Waals surface area contributed by atoms with Crippen LogP contribution in [0.2, 0.25) is 0 Å². The second-order valence-corrected chi connectivity index (χ2v) is 12.4. The molecule has 2 fully saturated rings. The van der Waals surface area contributed by atoms with E-state index in [1.165, 1.54) is 0 Å². The number of fused-ring (bicyclic) bond motifs is 2. The second kappa shape index (κ2) is 10.8. The minimum absolute atomic E-state index is 0.169. The number of carbonyl (C=O) groups is 3. The van der Waals surface area contributed by atoms with Crippen molar-refractivity contribution in [2.45, 2.75) is 57.9 Å². The van der Waals surface area contributed by atoms with Crippen LogP contribution in [0.15, 0.2) is 72.8 Å². The maximum atomic E-state index is 14.8. The number of para-hydroxylation sites is 2. The van der Waals surface area contributed by atoms with Gasteiger partial charge in [-0.2, -0.15) is 0 Å². The summed E-state index contributed by atoms with van der Waals surface area (Å²) in [6, 6.07) is 13.7. The predicted octanol–water partition coefficient (Wildman–Crippen LogP) is 3.80. The van der Waals surface area contributed by atoms with Gasteiger partial charge in [0.1, 0.15) is 11.6 Å². The van der Waals surface area contributed by atoms with Gasteiger partial charge in [0, 0.05) is 24.5 Å². The molecular formula is C34H39N3O5. The summed E-state index contributed by atoms with van der Waals surface area (Å²) in [5, 5.41) is 10.6. The van der Waals surface area contributed by atoms with Crippen LogP contribution in [0.25, 0.3) is 0 Å². The fraction of sp³-hybridized carbons (Fsp3) is 0.441. The summed E-state index contributed by atoms with van der Waals surface area (Å²) in [5.41, 5.74) is 2.11. The van der Waals surface area contributed by atoms with Crippen molar-refractivity contribution in [3.8, 4) is 0 Å². The number of aliphatic hydroxyl groups is 1. The summed E-state index contributed by atoms with van der Waals surface area (Å²) < 4.78 is 6.80. The lowest BCUT2D eigenvalue weighted by Gasteiger charge is -2.39. The Kier molecular flexibility index (Phi) is 7.31. The summed E-state index contributed by atoms with van der Waals surface area (Å²) in [7, 11) is 0. The lowest BCUT2D eigenvalue weighted by molar-refractivity contribution is -0.144. The molecule has 1 unspecified atom stereocenters. The lowest BCUT2D eigenvalue weighted by atomic mass is 9.77. The van der Waals surface area contributed by atoms with E-state index in [9.17, 15) is 19.5 Å². The summed E-state index contributed by atoms with van der Waals surface area (Å²) >= 11 is 0. The smallest absolute Gasteiger partial charge is 0.253 e. The van der Waals surface area contributed by atoms with Crippen LogP contribution in [0.5, 0.6) is 0 Å². The molecule has 0 aromatic heterocycles. The van der Waals surface area contributed by atoms with Crippen LogP contribution in [0, 0.1) is 31.6 Å². The van der Waals surface area contributed by atoms with Gasteiger partial charge in [-0.3, -0.25) is 14.4 Å². The molecule has 8 heteroatoms. The Morgan fingerprint density at radius 1 is 0.905 bits per heavy atom. The largest absolute Gasteiger partial charge is 0.394 e. The Labute approximate surface area is 247 Å². The van der Waals surface area contributed by atoms with Crippen molar-refractivity contribution in [3.63, 3.8) is 0 Å². The quantitative estimate of drug-likeness (QED) is 0.535. The molecule has 2 aromatic rings. The maximum Gasteiger partial charge on any atom is 0.253 e. The van der Waals surface area contributed by atoms with Crippen molar-refractivity contribution >= 4 is 29.1 Å². The first kappa shape index (κ1) is 28.4. The highest BCUT2D eigenvalue weighted by Gasteiger charge is 2.72. The number of benzene rings is 2. The Morgan fingerprint density at radius 2 is 1.60 bits per heavy atom. The van der Waals surface area contributed by atoms with Gasteiger partial charge in [-0.25, -0.2) is 0 Å². The van der Waals surface area contributed by atoms with Crippen LogP contribution in [0.3, 0.4) is 0 Å². The minimum atomic E-state index is -1.35. The lowest BCUT2D eigenvalue weighted by Crippen LogP contribution is -2.58. The first-order valence-corrected chi connectivity index (χ1v) is 14.9. The van der Waals surface area contributed by atoms with Gasteiger partial charge in [0.05, 0.1) is 30.6 Å². The van der Waals surface area contributed by atoms with Gasteiger partial charge in [-0.15, -0.1) is 0 Å². The molecule has 4 aliphatic heterocycles. The third-order valence-corrected chi connectivity index (χ3v) is 9.22. The van der Waals surface area contributed by atoms with Crippen LogP contribution < -0.4 is 9.80 Å². The normalized spacial score (nSPS) is 29.5. The molecule has 1 N–H and O–H groups in total. The van der Waals surface area contributed by atoms with E-state index in [0.29, 0.717) is 19.5 Å². The number of amides is 3. The monoisotopic (exact) mass is 569 g/mol. The van der Waals surface area contributed by atoms with Crippen LogP contribution >= 0.6 is 0 Å². The molecule has 2 aromatic carbocycles.